The van der Waals surface area contributed by atoms with Crippen LogP contribution in [-0.2, 0) is 30.4 Å². The molecule has 11 nitrogen and oxygen atoms in total. The van der Waals surface area contributed by atoms with Gasteiger partial charge in [0.2, 0.25) is 23.6 Å². The summed E-state index contributed by atoms with van der Waals surface area (Å²) in [5.41, 5.74) is 11.7. The summed E-state index contributed by atoms with van der Waals surface area (Å²) < 4.78 is 0. The minimum absolute atomic E-state index is 0.171. The fourth-order valence-corrected chi connectivity index (χ4v) is 2.46. The minimum atomic E-state index is -1.33. The summed E-state index contributed by atoms with van der Waals surface area (Å²) in [6, 6.07) is 6.02. The van der Waals surface area contributed by atoms with E-state index in [4.69, 9.17) is 16.6 Å². The third-order valence-electron chi connectivity index (χ3n) is 4.12. The van der Waals surface area contributed by atoms with Gasteiger partial charge in [-0.25, -0.2) is 4.79 Å². The summed E-state index contributed by atoms with van der Waals surface area (Å²) >= 11 is 0. The lowest BCUT2D eigenvalue weighted by Gasteiger charge is -2.18. The molecule has 11 heteroatoms. The molecule has 3 unspecified atom stereocenters. The number of hydrogen-bond acceptors (Lipinski definition) is 6. The predicted molar refractivity (Wildman–Crippen MR) is 107 cm³/mol. The van der Waals surface area contributed by atoms with Gasteiger partial charge in [-0.1, -0.05) is 30.3 Å². The number of carboxylic acid groups (broad SMARTS) is 1. The Morgan fingerprint density at radius 2 is 1.67 bits per heavy atom. The van der Waals surface area contributed by atoms with Crippen LogP contribution in [0.1, 0.15) is 25.3 Å². The molecule has 1 aromatic carbocycles. The smallest absolute Gasteiger partial charge is 0.326 e. The molecule has 0 spiro atoms. The average molecular weight is 421 g/mol. The highest BCUT2D eigenvalue weighted by atomic mass is 16.4. The molecule has 1 aromatic rings. The lowest BCUT2D eigenvalue weighted by molar-refractivity contribution is -0.142. The second-order valence-electron chi connectivity index (χ2n) is 6.71. The Morgan fingerprint density at radius 3 is 2.23 bits per heavy atom. The number of hydrogen-bond donors (Lipinski definition) is 6. The van der Waals surface area contributed by atoms with E-state index in [-0.39, 0.29) is 12.8 Å². The molecule has 0 radical (unpaired) electrons. The predicted octanol–water partition coefficient (Wildman–Crippen LogP) is -1.99. The van der Waals surface area contributed by atoms with E-state index >= 15 is 0 Å². The van der Waals surface area contributed by atoms with Crippen LogP contribution in [0.2, 0.25) is 0 Å². The first kappa shape index (κ1) is 24.6. The standard InChI is InChI=1S/C19H27N5O6/c1-11(23-18(28)13(20)9-12-5-3-2-4-6-12)17(27)22-10-16(26)24-14(19(29)30)7-8-15(21)25/h2-6,11,13-14H,7-10,20H2,1H3,(H2,21,25)(H,22,27)(H,23,28)(H,24,26)(H,29,30). The zero-order chi connectivity index (χ0) is 22.7. The lowest BCUT2D eigenvalue weighted by Crippen LogP contribution is -2.52. The fraction of sp³-hybridized carbons (Fsp3) is 0.421. The van der Waals surface area contributed by atoms with Crippen LogP contribution in [0.5, 0.6) is 0 Å². The van der Waals surface area contributed by atoms with E-state index < -0.39 is 54.3 Å². The van der Waals surface area contributed by atoms with Gasteiger partial charge in [-0.3, -0.25) is 19.2 Å². The molecule has 0 saturated heterocycles. The Hall–Kier alpha value is -3.47. The van der Waals surface area contributed by atoms with Crippen molar-refractivity contribution in [3.63, 3.8) is 0 Å². The van der Waals surface area contributed by atoms with E-state index in [1.165, 1.54) is 6.92 Å². The first-order valence-electron chi connectivity index (χ1n) is 9.28. The first-order chi connectivity index (χ1) is 14.1. The minimum Gasteiger partial charge on any atom is -0.480 e. The normalized spacial score (nSPS) is 13.4. The Balaban J connectivity index is 2.43. The summed E-state index contributed by atoms with van der Waals surface area (Å²) in [6.07, 6.45) is -0.0860. The molecule has 30 heavy (non-hydrogen) atoms. The Labute approximate surface area is 173 Å². The summed E-state index contributed by atoms with van der Waals surface area (Å²) in [5.74, 6) is -3.96. The molecule has 3 atom stereocenters. The molecule has 164 valence electrons. The van der Waals surface area contributed by atoms with E-state index in [1.54, 1.807) is 0 Å². The van der Waals surface area contributed by atoms with Crippen molar-refractivity contribution in [2.24, 2.45) is 11.5 Å². The molecule has 1 rings (SSSR count). The van der Waals surface area contributed by atoms with Gasteiger partial charge in [0.25, 0.3) is 0 Å². The molecule has 0 fully saturated rings. The van der Waals surface area contributed by atoms with Crippen molar-refractivity contribution in [1.82, 2.24) is 16.0 Å². The maximum absolute atomic E-state index is 12.1. The topological polar surface area (TPSA) is 194 Å². The van der Waals surface area contributed by atoms with Crippen LogP contribution in [0, 0.1) is 0 Å². The van der Waals surface area contributed by atoms with Crippen LogP contribution in [-0.4, -0.2) is 59.4 Å². The number of nitrogens with two attached hydrogens (primary N) is 2. The Bertz CT molecular complexity index is 770. The van der Waals surface area contributed by atoms with Gasteiger partial charge >= 0.3 is 5.97 Å². The summed E-state index contributed by atoms with van der Waals surface area (Å²) in [5, 5.41) is 16.0. The maximum Gasteiger partial charge on any atom is 0.326 e. The van der Waals surface area contributed by atoms with E-state index in [1.807, 2.05) is 30.3 Å². The van der Waals surface area contributed by atoms with Gasteiger partial charge in [0.1, 0.15) is 12.1 Å². The highest BCUT2D eigenvalue weighted by Gasteiger charge is 2.23. The molecule has 0 aromatic heterocycles. The van der Waals surface area contributed by atoms with E-state index in [0.29, 0.717) is 6.42 Å². The van der Waals surface area contributed by atoms with Crippen molar-refractivity contribution < 1.29 is 29.1 Å². The van der Waals surface area contributed by atoms with Gasteiger partial charge in [-0.2, -0.15) is 0 Å². The molecule has 0 aliphatic carbocycles. The zero-order valence-corrected chi connectivity index (χ0v) is 16.6. The van der Waals surface area contributed by atoms with Crippen LogP contribution in [0.25, 0.3) is 0 Å². The Morgan fingerprint density at radius 1 is 1.03 bits per heavy atom. The van der Waals surface area contributed by atoms with E-state index in [2.05, 4.69) is 16.0 Å². The molecule has 4 amide bonds. The molecular formula is C19H27N5O6. The van der Waals surface area contributed by atoms with Crippen LogP contribution in [0.3, 0.4) is 0 Å². The van der Waals surface area contributed by atoms with Crippen molar-refractivity contribution >= 4 is 29.6 Å². The molecule has 0 saturated carbocycles. The average Bonchev–Trinajstić information content (AvgIpc) is 2.69. The number of carboxylic acids is 1. The highest BCUT2D eigenvalue weighted by molar-refractivity contribution is 5.92. The van der Waals surface area contributed by atoms with Gasteiger partial charge in [0.05, 0.1) is 12.6 Å². The molecule has 0 aliphatic heterocycles. The molecule has 8 N–H and O–H groups in total. The number of carbonyl (C=O) groups is 5. The number of carbonyl (C=O) groups excluding carboxylic acids is 4. The number of aliphatic carboxylic acids is 1. The number of nitrogens with one attached hydrogen (secondary N) is 3. The summed E-state index contributed by atoms with van der Waals surface area (Å²) in [7, 11) is 0. The number of amides is 4. The lowest BCUT2D eigenvalue weighted by atomic mass is 10.1. The third kappa shape index (κ3) is 9.15. The van der Waals surface area contributed by atoms with Gasteiger partial charge in [0, 0.05) is 6.42 Å². The fourth-order valence-electron chi connectivity index (χ4n) is 2.46. The van der Waals surface area contributed by atoms with E-state index in [9.17, 15) is 24.0 Å². The van der Waals surface area contributed by atoms with Gasteiger partial charge < -0.3 is 32.5 Å². The van der Waals surface area contributed by atoms with Crippen molar-refractivity contribution in [1.29, 1.82) is 0 Å². The van der Waals surface area contributed by atoms with Gasteiger partial charge in [-0.05, 0) is 25.3 Å². The van der Waals surface area contributed by atoms with Gasteiger partial charge in [0.15, 0.2) is 0 Å². The largest absolute Gasteiger partial charge is 0.480 e. The zero-order valence-electron chi connectivity index (χ0n) is 16.6. The second-order valence-corrected chi connectivity index (χ2v) is 6.71. The SMILES string of the molecule is CC(NC(=O)C(N)Cc1ccccc1)C(=O)NCC(=O)NC(CCC(N)=O)C(=O)O. The number of rotatable bonds is 12. The number of primary amides is 1. The molecule has 0 bridgehead atoms. The molecule has 0 heterocycles. The summed E-state index contributed by atoms with van der Waals surface area (Å²) in [6.45, 7) is 0.919. The number of benzene rings is 1. The molecular weight excluding hydrogens is 394 g/mol. The highest BCUT2D eigenvalue weighted by Crippen LogP contribution is 2.02. The van der Waals surface area contributed by atoms with Crippen molar-refractivity contribution in [3.05, 3.63) is 35.9 Å². The van der Waals surface area contributed by atoms with E-state index in [0.717, 1.165) is 5.56 Å². The maximum atomic E-state index is 12.1. The third-order valence-corrected chi connectivity index (χ3v) is 4.12. The second kappa shape index (κ2) is 12.2. The van der Waals surface area contributed by atoms with Crippen LogP contribution < -0.4 is 27.4 Å². The first-order valence-corrected chi connectivity index (χ1v) is 9.28. The monoisotopic (exact) mass is 421 g/mol. The van der Waals surface area contributed by atoms with Crippen molar-refractivity contribution in [3.8, 4) is 0 Å². The summed E-state index contributed by atoms with van der Waals surface area (Å²) in [4.78, 5) is 57.9. The molecule has 0 aliphatic rings. The van der Waals surface area contributed by atoms with Crippen molar-refractivity contribution in [2.45, 2.75) is 44.3 Å². The van der Waals surface area contributed by atoms with Crippen LogP contribution >= 0.6 is 0 Å². The quantitative estimate of drug-likeness (QED) is 0.225. The van der Waals surface area contributed by atoms with Crippen LogP contribution in [0.15, 0.2) is 30.3 Å². The van der Waals surface area contributed by atoms with Crippen molar-refractivity contribution in [2.75, 3.05) is 6.54 Å². The van der Waals surface area contributed by atoms with Crippen LogP contribution in [0.4, 0.5) is 0 Å². The Kier molecular flexibility index (Phi) is 9.97. The van der Waals surface area contributed by atoms with Gasteiger partial charge in [-0.15, -0.1) is 0 Å².